The quantitative estimate of drug-likeness (QED) is 0.533. The summed E-state index contributed by atoms with van der Waals surface area (Å²) in [6, 6.07) is 0. The van der Waals surface area contributed by atoms with Crippen LogP contribution in [-0.2, 0) is 23.8 Å². The van der Waals surface area contributed by atoms with Gasteiger partial charge in [-0.25, -0.2) is 0 Å². The first-order valence-corrected chi connectivity index (χ1v) is 11.3. The second-order valence-corrected chi connectivity index (χ2v) is 9.20. The summed E-state index contributed by atoms with van der Waals surface area (Å²) < 4.78 is 17.7. The number of allylic oxidation sites excluding steroid dienone is 8. The Morgan fingerprint density at radius 2 is 1.77 bits per heavy atom. The molecule has 1 aliphatic heterocycles. The van der Waals surface area contributed by atoms with Gasteiger partial charge in [-0.05, 0) is 66.9 Å². The minimum Gasteiger partial charge on any atom is -0.465 e. The van der Waals surface area contributed by atoms with Crippen LogP contribution in [0.3, 0.4) is 0 Å². The van der Waals surface area contributed by atoms with Gasteiger partial charge in [-0.3, -0.25) is 9.59 Å². The first-order valence-electron chi connectivity index (χ1n) is 11.3. The Balaban J connectivity index is 2.42. The highest BCUT2D eigenvalue weighted by atomic mass is 16.7. The van der Waals surface area contributed by atoms with Crippen molar-refractivity contribution >= 4 is 11.8 Å². The fourth-order valence-electron chi connectivity index (χ4n) is 3.97. The number of carbonyl (C=O) groups is 2. The van der Waals surface area contributed by atoms with Gasteiger partial charge in [0.15, 0.2) is 11.6 Å². The highest BCUT2D eigenvalue weighted by Crippen LogP contribution is 2.41. The summed E-state index contributed by atoms with van der Waals surface area (Å²) >= 11 is 0. The number of ether oxygens (including phenoxy) is 3. The molecule has 5 heteroatoms. The van der Waals surface area contributed by atoms with Crippen molar-refractivity contribution in [1.29, 1.82) is 0 Å². The molecule has 2 aliphatic rings. The summed E-state index contributed by atoms with van der Waals surface area (Å²) in [6.07, 6.45) is 14.2. The van der Waals surface area contributed by atoms with E-state index in [-0.39, 0.29) is 24.3 Å². The average molecular weight is 431 g/mol. The lowest BCUT2D eigenvalue weighted by Crippen LogP contribution is -2.53. The van der Waals surface area contributed by atoms with Gasteiger partial charge in [-0.15, -0.1) is 0 Å². The number of hydrogen-bond donors (Lipinski definition) is 0. The summed E-state index contributed by atoms with van der Waals surface area (Å²) in [6.45, 7) is 11.7. The SMILES string of the molecule is CCOC(=O)[C@@]1(C)C/C=C(C)\C=C/CC/C=C(C)\C=C/C(=O)C[C@@H]2C[C@H]1OC(C)(C)O2. The first-order chi connectivity index (χ1) is 14.6. The Bertz CT molecular complexity index is 771. The van der Waals surface area contributed by atoms with Crippen LogP contribution >= 0.6 is 0 Å². The summed E-state index contributed by atoms with van der Waals surface area (Å²) in [5, 5.41) is 0. The maximum absolute atomic E-state index is 13.0. The van der Waals surface area contributed by atoms with Crippen LogP contribution in [0.15, 0.2) is 47.6 Å². The number of ketones is 1. The normalized spacial score (nSPS) is 35.6. The van der Waals surface area contributed by atoms with Gasteiger partial charge in [0.1, 0.15) is 0 Å². The van der Waals surface area contributed by atoms with E-state index in [2.05, 4.69) is 24.3 Å². The van der Waals surface area contributed by atoms with E-state index in [4.69, 9.17) is 14.2 Å². The molecule has 5 nitrogen and oxygen atoms in total. The van der Waals surface area contributed by atoms with E-state index in [1.54, 1.807) is 6.08 Å². The molecule has 0 N–H and O–H groups in total. The van der Waals surface area contributed by atoms with Gasteiger partial charge in [-0.1, -0.05) is 41.5 Å². The Labute approximate surface area is 187 Å². The van der Waals surface area contributed by atoms with Crippen molar-refractivity contribution in [2.24, 2.45) is 5.41 Å². The Morgan fingerprint density at radius 1 is 1.06 bits per heavy atom. The Morgan fingerprint density at radius 3 is 2.48 bits per heavy atom. The Hall–Kier alpha value is -1.98. The van der Waals surface area contributed by atoms with E-state index in [1.165, 1.54) is 0 Å². The molecule has 2 rings (SSSR count). The molecule has 1 heterocycles. The lowest BCUT2D eigenvalue weighted by atomic mass is 9.77. The lowest BCUT2D eigenvalue weighted by Gasteiger charge is -2.46. The molecule has 3 atom stereocenters. The molecule has 31 heavy (non-hydrogen) atoms. The predicted molar refractivity (Wildman–Crippen MR) is 122 cm³/mol. The molecule has 0 amide bonds. The summed E-state index contributed by atoms with van der Waals surface area (Å²) in [5.41, 5.74) is 1.29. The van der Waals surface area contributed by atoms with Gasteiger partial charge >= 0.3 is 5.97 Å². The minimum atomic E-state index is -0.900. The minimum absolute atomic E-state index is 0.00647. The molecular formula is C26H38O5. The van der Waals surface area contributed by atoms with E-state index in [0.29, 0.717) is 19.4 Å². The molecule has 0 unspecified atom stereocenters. The van der Waals surface area contributed by atoms with Gasteiger partial charge in [0.2, 0.25) is 0 Å². The van der Waals surface area contributed by atoms with Crippen molar-refractivity contribution in [2.45, 2.75) is 91.6 Å². The number of rotatable bonds is 2. The first kappa shape index (κ1) is 25.3. The number of hydrogen-bond acceptors (Lipinski definition) is 5. The number of esters is 1. The lowest BCUT2D eigenvalue weighted by molar-refractivity contribution is -0.315. The van der Waals surface area contributed by atoms with E-state index < -0.39 is 17.3 Å². The second-order valence-electron chi connectivity index (χ2n) is 9.20. The zero-order valence-electron chi connectivity index (χ0n) is 19.9. The van der Waals surface area contributed by atoms with Crippen LogP contribution < -0.4 is 0 Å². The summed E-state index contributed by atoms with van der Waals surface area (Å²) in [5.74, 6) is -1.18. The maximum Gasteiger partial charge on any atom is 0.314 e. The molecular weight excluding hydrogens is 392 g/mol. The maximum atomic E-state index is 13.0. The van der Waals surface area contributed by atoms with Gasteiger partial charge in [0, 0.05) is 12.8 Å². The van der Waals surface area contributed by atoms with Crippen LogP contribution in [0.4, 0.5) is 0 Å². The smallest absolute Gasteiger partial charge is 0.314 e. The standard InChI is InChI=1S/C26H38O5/c1-7-29-24(28)26(6)16-15-20(3)12-10-8-9-11-19(2)13-14-21(27)17-22-18-23(26)31-25(4,5)30-22/h10-15,22-23H,7-9,16-18H2,1-6H3/b12-10-,14-13-,19-11-,20-15-/t22-,23-,26+/m1/s1. The monoisotopic (exact) mass is 430 g/mol. The van der Waals surface area contributed by atoms with E-state index in [0.717, 1.165) is 24.0 Å². The highest BCUT2D eigenvalue weighted by molar-refractivity contribution is 5.90. The third-order valence-corrected chi connectivity index (χ3v) is 5.80. The van der Waals surface area contributed by atoms with E-state index in [1.807, 2.05) is 47.6 Å². The zero-order chi connectivity index (χ0) is 23.1. The van der Waals surface area contributed by atoms with Crippen molar-refractivity contribution in [2.75, 3.05) is 6.61 Å². The van der Waals surface area contributed by atoms with Crippen LogP contribution in [-0.4, -0.2) is 36.4 Å². The molecule has 0 aromatic rings. The molecule has 1 saturated heterocycles. The van der Waals surface area contributed by atoms with Crippen molar-refractivity contribution in [3.05, 3.63) is 47.6 Å². The van der Waals surface area contributed by atoms with Crippen LogP contribution in [0, 0.1) is 5.41 Å². The van der Waals surface area contributed by atoms with Crippen molar-refractivity contribution in [3.63, 3.8) is 0 Å². The molecule has 0 aromatic carbocycles. The zero-order valence-corrected chi connectivity index (χ0v) is 19.9. The van der Waals surface area contributed by atoms with Crippen LogP contribution in [0.2, 0.25) is 0 Å². The van der Waals surface area contributed by atoms with Crippen molar-refractivity contribution < 1.29 is 23.8 Å². The fourth-order valence-corrected chi connectivity index (χ4v) is 3.97. The van der Waals surface area contributed by atoms with Crippen molar-refractivity contribution in [3.8, 4) is 0 Å². The van der Waals surface area contributed by atoms with Gasteiger partial charge in [0.05, 0.1) is 24.2 Å². The number of fused-ring (bicyclic) bond motifs is 2. The van der Waals surface area contributed by atoms with Gasteiger partial charge < -0.3 is 14.2 Å². The summed E-state index contributed by atoms with van der Waals surface area (Å²) in [4.78, 5) is 25.6. The second kappa shape index (κ2) is 11.1. The molecule has 0 aromatic heterocycles. The number of carbonyl (C=O) groups excluding carboxylic acids is 2. The van der Waals surface area contributed by atoms with Crippen LogP contribution in [0.25, 0.3) is 0 Å². The largest absolute Gasteiger partial charge is 0.465 e. The third kappa shape index (κ3) is 7.58. The molecule has 2 bridgehead atoms. The van der Waals surface area contributed by atoms with Crippen LogP contribution in [0.5, 0.6) is 0 Å². The molecule has 1 fully saturated rings. The van der Waals surface area contributed by atoms with E-state index in [9.17, 15) is 9.59 Å². The average Bonchev–Trinajstić information content (AvgIpc) is 2.68. The van der Waals surface area contributed by atoms with Gasteiger partial charge in [-0.2, -0.15) is 0 Å². The highest BCUT2D eigenvalue weighted by Gasteiger charge is 2.49. The molecule has 0 radical (unpaired) electrons. The van der Waals surface area contributed by atoms with Crippen LogP contribution in [0.1, 0.15) is 73.6 Å². The molecule has 0 saturated carbocycles. The van der Waals surface area contributed by atoms with Gasteiger partial charge in [0.25, 0.3) is 0 Å². The third-order valence-electron chi connectivity index (χ3n) is 5.80. The fraction of sp³-hybridized carbons (Fsp3) is 0.615. The Kier molecular flexibility index (Phi) is 9.01. The molecule has 172 valence electrons. The summed E-state index contributed by atoms with van der Waals surface area (Å²) in [7, 11) is 0. The predicted octanol–water partition coefficient (Wildman–Crippen LogP) is 5.61. The van der Waals surface area contributed by atoms with Crippen molar-refractivity contribution in [1.82, 2.24) is 0 Å². The molecule has 1 aliphatic carbocycles. The van der Waals surface area contributed by atoms with E-state index >= 15 is 0 Å². The molecule has 0 spiro atoms. The topological polar surface area (TPSA) is 61.8 Å².